The first kappa shape index (κ1) is 12.5. The zero-order chi connectivity index (χ0) is 12.4. The molecule has 0 aliphatic rings. The highest BCUT2D eigenvalue weighted by Crippen LogP contribution is 2.27. The van der Waals surface area contributed by atoms with Gasteiger partial charge in [0.25, 0.3) is 5.56 Å². The van der Waals surface area contributed by atoms with Gasteiger partial charge < -0.3 is 4.98 Å². The number of aromatic amines is 1. The van der Waals surface area contributed by atoms with Gasteiger partial charge in [0.15, 0.2) is 5.16 Å². The van der Waals surface area contributed by atoms with Crippen molar-refractivity contribution in [1.82, 2.24) is 9.97 Å². The van der Waals surface area contributed by atoms with E-state index in [1.54, 1.807) is 18.2 Å². The Hall–Kier alpha value is -0.970. The Morgan fingerprint density at radius 2 is 2.00 bits per heavy atom. The Morgan fingerprint density at radius 3 is 2.65 bits per heavy atom. The lowest BCUT2D eigenvalue weighted by Gasteiger charge is -2.03. The van der Waals surface area contributed by atoms with Gasteiger partial charge in [0.05, 0.1) is 15.7 Å². The molecule has 3 nitrogen and oxygen atoms in total. The summed E-state index contributed by atoms with van der Waals surface area (Å²) in [4.78, 5) is 18.4. The van der Waals surface area contributed by atoms with Crippen LogP contribution in [0.4, 0.5) is 0 Å². The largest absolute Gasteiger partial charge is 0.301 e. The first-order valence-corrected chi connectivity index (χ1v) is 6.69. The third-order valence-electron chi connectivity index (χ3n) is 2.13. The summed E-state index contributed by atoms with van der Waals surface area (Å²) in [6.45, 7) is 0. The fourth-order valence-corrected chi connectivity index (χ4v) is 2.03. The number of rotatable bonds is 2. The number of aromatic nitrogens is 2. The predicted octanol–water partition coefficient (Wildman–Crippen LogP) is 3.47. The van der Waals surface area contributed by atoms with Crippen molar-refractivity contribution in [3.8, 4) is 11.3 Å². The lowest BCUT2D eigenvalue weighted by atomic mass is 10.1. The molecule has 0 aliphatic carbocycles. The number of nitrogens with one attached hydrogen (secondary N) is 1. The zero-order valence-electron chi connectivity index (χ0n) is 8.83. The molecule has 0 spiro atoms. The van der Waals surface area contributed by atoms with Crippen molar-refractivity contribution >= 4 is 35.0 Å². The Balaban J connectivity index is 2.55. The summed E-state index contributed by atoms with van der Waals surface area (Å²) in [5, 5.41) is 1.49. The summed E-state index contributed by atoms with van der Waals surface area (Å²) >= 11 is 13.1. The maximum Gasteiger partial charge on any atom is 0.252 e. The third kappa shape index (κ3) is 2.83. The maximum absolute atomic E-state index is 11.4. The van der Waals surface area contributed by atoms with Crippen LogP contribution in [0, 0.1) is 0 Å². The van der Waals surface area contributed by atoms with Crippen molar-refractivity contribution < 1.29 is 0 Å². The third-order valence-corrected chi connectivity index (χ3v) is 3.45. The molecule has 0 bridgehead atoms. The van der Waals surface area contributed by atoms with E-state index in [4.69, 9.17) is 23.2 Å². The van der Waals surface area contributed by atoms with Crippen LogP contribution in [-0.4, -0.2) is 16.2 Å². The van der Waals surface area contributed by atoms with Crippen LogP contribution < -0.4 is 5.56 Å². The van der Waals surface area contributed by atoms with E-state index < -0.39 is 0 Å². The van der Waals surface area contributed by atoms with Crippen LogP contribution in [0.2, 0.25) is 10.0 Å². The van der Waals surface area contributed by atoms with Crippen molar-refractivity contribution in [2.75, 3.05) is 6.26 Å². The maximum atomic E-state index is 11.4. The van der Waals surface area contributed by atoms with Crippen molar-refractivity contribution in [3.05, 3.63) is 44.7 Å². The van der Waals surface area contributed by atoms with Gasteiger partial charge in [-0.1, -0.05) is 41.0 Å². The van der Waals surface area contributed by atoms with Gasteiger partial charge in [-0.15, -0.1) is 0 Å². The molecule has 0 radical (unpaired) electrons. The molecule has 6 heteroatoms. The van der Waals surface area contributed by atoms with Gasteiger partial charge in [-0.3, -0.25) is 4.79 Å². The van der Waals surface area contributed by atoms with Crippen molar-refractivity contribution in [1.29, 1.82) is 0 Å². The standard InChI is InChI=1S/C11H8Cl2N2OS/c1-17-11-14-9(5-10(16)15-11)6-2-3-7(12)8(13)4-6/h2-5H,1H3,(H,14,15,16). The van der Waals surface area contributed by atoms with E-state index in [0.717, 1.165) is 5.56 Å². The highest BCUT2D eigenvalue weighted by atomic mass is 35.5. The molecule has 0 fully saturated rings. The number of hydrogen-bond donors (Lipinski definition) is 1. The second-order valence-electron chi connectivity index (χ2n) is 3.27. The van der Waals surface area contributed by atoms with E-state index in [1.807, 2.05) is 6.26 Å². The van der Waals surface area contributed by atoms with Crippen LogP contribution >= 0.6 is 35.0 Å². The molecule has 0 aliphatic heterocycles. The number of benzene rings is 1. The second kappa shape index (κ2) is 5.12. The van der Waals surface area contributed by atoms with Crippen LogP contribution in [0.15, 0.2) is 34.2 Å². The summed E-state index contributed by atoms with van der Waals surface area (Å²) in [6.07, 6.45) is 1.84. The predicted molar refractivity (Wildman–Crippen MR) is 72.1 cm³/mol. The minimum atomic E-state index is -0.189. The molecule has 0 saturated carbocycles. The van der Waals surface area contributed by atoms with Gasteiger partial charge in [-0.05, 0) is 18.4 Å². The van der Waals surface area contributed by atoms with Gasteiger partial charge in [-0.25, -0.2) is 4.98 Å². The molecular weight excluding hydrogens is 279 g/mol. The average Bonchev–Trinajstić information content (AvgIpc) is 2.32. The molecule has 0 atom stereocenters. The summed E-state index contributed by atoms with van der Waals surface area (Å²) in [5.41, 5.74) is 1.16. The number of thioether (sulfide) groups is 1. The first-order valence-electron chi connectivity index (χ1n) is 4.71. The van der Waals surface area contributed by atoms with Crippen molar-refractivity contribution in [3.63, 3.8) is 0 Å². The molecule has 1 heterocycles. The molecule has 1 N–H and O–H groups in total. The number of H-pyrrole nitrogens is 1. The van der Waals surface area contributed by atoms with E-state index in [1.165, 1.54) is 17.8 Å². The lowest BCUT2D eigenvalue weighted by Crippen LogP contribution is -2.07. The Labute approximate surface area is 112 Å². The molecule has 1 aromatic heterocycles. The van der Waals surface area contributed by atoms with Gasteiger partial charge in [0.1, 0.15) is 0 Å². The Bertz CT molecular complexity index is 613. The summed E-state index contributed by atoms with van der Waals surface area (Å²) in [7, 11) is 0. The molecule has 0 amide bonds. The van der Waals surface area contributed by atoms with Gasteiger partial charge in [-0.2, -0.15) is 0 Å². The fourth-order valence-electron chi connectivity index (χ4n) is 1.34. The molecule has 17 heavy (non-hydrogen) atoms. The van der Waals surface area contributed by atoms with Crippen LogP contribution in [0.3, 0.4) is 0 Å². The number of nitrogens with zero attached hydrogens (tertiary/aromatic N) is 1. The van der Waals surface area contributed by atoms with E-state index in [9.17, 15) is 4.79 Å². The SMILES string of the molecule is CSc1nc(-c2ccc(Cl)c(Cl)c2)cc(=O)[nH]1. The summed E-state index contributed by atoms with van der Waals surface area (Å²) in [6, 6.07) is 6.58. The van der Waals surface area contributed by atoms with E-state index in [2.05, 4.69) is 9.97 Å². The highest BCUT2D eigenvalue weighted by Gasteiger charge is 2.06. The van der Waals surface area contributed by atoms with Crippen molar-refractivity contribution in [2.24, 2.45) is 0 Å². The number of hydrogen-bond acceptors (Lipinski definition) is 3. The lowest BCUT2D eigenvalue weighted by molar-refractivity contribution is 0.945. The van der Waals surface area contributed by atoms with E-state index in [0.29, 0.717) is 20.9 Å². The van der Waals surface area contributed by atoms with Crippen molar-refractivity contribution in [2.45, 2.75) is 5.16 Å². The van der Waals surface area contributed by atoms with Gasteiger partial charge >= 0.3 is 0 Å². The molecule has 1 aromatic carbocycles. The monoisotopic (exact) mass is 286 g/mol. The quantitative estimate of drug-likeness (QED) is 0.679. The number of halogens is 2. The van der Waals surface area contributed by atoms with Crippen LogP contribution in [-0.2, 0) is 0 Å². The highest BCUT2D eigenvalue weighted by molar-refractivity contribution is 7.98. The van der Waals surface area contributed by atoms with E-state index in [-0.39, 0.29) is 5.56 Å². The Kier molecular flexibility index (Phi) is 3.76. The first-order chi connectivity index (χ1) is 8.10. The summed E-state index contributed by atoms with van der Waals surface area (Å²) in [5.74, 6) is 0. The average molecular weight is 287 g/mol. The van der Waals surface area contributed by atoms with Gasteiger partial charge in [0, 0.05) is 11.6 Å². The molecule has 88 valence electrons. The van der Waals surface area contributed by atoms with Crippen LogP contribution in [0.5, 0.6) is 0 Å². The van der Waals surface area contributed by atoms with Gasteiger partial charge in [0.2, 0.25) is 0 Å². The fraction of sp³-hybridized carbons (Fsp3) is 0.0909. The second-order valence-corrected chi connectivity index (χ2v) is 4.88. The molecule has 2 aromatic rings. The Morgan fingerprint density at radius 1 is 1.24 bits per heavy atom. The van der Waals surface area contributed by atoms with E-state index >= 15 is 0 Å². The normalized spacial score (nSPS) is 10.5. The van der Waals surface area contributed by atoms with Crippen LogP contribution in [0.1, 0.15) is 0 Å². The topological polar surface area (TPSA) is 45.8 Å². The molecular formula is C11H8Cl2N2OS. The molecule has 0 saturated heterocycles. The minimum Gasteiger partial charge on any atom is -0.301 e. The zero-order valence-corrected chi connectivity index (χ0v) is 11.2. The molecule has 2 rings (SSSR count). The summed E-state index contributed by atoms with van der Waals surface area (Å²) < 4.78 is 0. The smallest absolute Gasteiger partial charge is 0.252 e. The van der Waals surface area contributed by atoms with Crippen LogP contribution in [0.25, 0.3) is 11.3 Å². The molecule has 0 unspecified atom stereocenters. The minimum absolute atomic E-state index is 0.189.